The van der Waals surface area contributed by atoms with Crippen LogP contribution in [0.25, 0.3) is 0 Å². The minimum absolute atomic E-state index is 0.0677. The highest BCUT2D eigenvalue weighted by molar-refractivity contribution is 8.02. The van der Waals surface area contributed by atoms with Gasteiger partial charge in [0.25, 0.3) is 0 Å². The Hall–Kier alpha value is -0.640. The largest absolute Gasteiger partial charge is 0.360 e. The maximum absolute atomic E-state index is 11.3. The summed E-state index contributed by atoms with van der Waals surface area (Å²) in [6, 6.07) is 0. The molecule has 0 aromatic rings. The van der Waals surface area contributed by atoms with Gasteiger partial charge in [0.2, 0.25) is 5.91 Å². The standard InChI is InChI=1S/C8H12N2OS/c1-5-4-12-8(9-5)10-7(11)6-2-3-6/h4,6,8-9H,2-3H2,1H3,(H,10,11). The normalized spacial score (nSPS) is 27.8. The Morgan fingerprint density at radius 3 is 3.00 bits per heavy atom. The molecule has 2 N–H and O–H groups in total. The minimum atomic E-state index is 0.0677. The zero-order valence-corrected chi connectivity index (χ0v) is 7.78. The van der Waals surface area contributed by atoms with E-state index in [4.69, 9.17) is 0 Å². The third-order valence-corrected chi connectivity index (χ3v) is 2.96. The first-order valence-corrected chi connectivity index (χ1v) is 5.09. The molecule has 0 spiro atoms. The molecule has 1 atom stereocenters. The van der Waals surface area contributed by atoms with Gasteiger partial charge in [-0.3, -0.25) is 4.79 Å². The molecule has 0 bridgehead atoms. The predicted molar refractivity (Wildman–Crippen MR) is 49.1 cm³/mol. The van der Waals surface area contributed by atoms with Crippen molar-refractivity contribution < 1.29 is 4.79 Å². The van der Waals surface area contributed by atoms with Gasteiger partial charge in [-0.25, -0.2) is 0 Å². The number of hydrogen-bond acceptors (Lipinski definition) is 3. The lowest BCUT2D eigenvalue weighted by Gasteiger charge is -2.12. The van der Waals surface area contributed by atoms with Crippen molar-refractivity contribution in [3.8, 4) is 0 Å². The molecular formula is C8H12N2OS. The highest BCUT2D eigenvalue weighted by Crippen LogP contribution is 2.29. The molecule has 2 aliphatic rings. The highest BCUT2D eigenvalue weighted by atomic mass is 32.2. The van der Waals surface area contributed by atoms with E-state index in [-0.39, 0.29) is 11.4 Å². The first kappa shape index (κ1) is 7.98. The van der Waals surface area contributed by atoms with Gasteiger partial charge >= 0.3 is 0 Å². The van der Waals surface area contributed by atoms with Gasteiger partial charge in [0.1, 0.15) is 0 Å². The van der Waals surface area contributed by atoms with E-state index < -0.39 is 0 Å². The van der Waals surface area contributed by atoms with Crippen LogP contribution >= 0.6 is 11.8 Å². The second-order valence-corrected chi connectivity index (χ2v) is 4.22. The van der Waals surface area contributed by atoms with Crippen LogP contribution in [0.5, 0.6) is 0 Å². The van der Waals surface area contributed by atoms with Gasteiger partial charge in [0, 0.05) is 11.6 Å². The molecule has 4 heteroatoms. The molecule has 1 aliphatic carbocycles. The summed E-state index contributed by atoms with van der Waals surface area (Å²) in [5, 5.41) is 8.12. The topological polar surface area (TPSA) is 41.1 Å². The van der Waals surface area contributed by atoms with E-state index in [0.717, 1.165) is 18.5 Å². The fraction of sp³-hybridized carbons (Fsp3) is 0.625. The Balaban J connectivity index is 1.77. The van der Waals surface area contributed by atoms with Crippen molar-refractivity contribution in [3.05, 3.63) is 11.1 Å². The van der Waals surface area contributed by atoms with Gasteiger partial charge in [-0.2, -0.15) is 0 Å². The van der Waals surface area contributed by atoms with Crippen LogP contribution in [-0.2, 0) is 4.79 Å². The van der Waals surface area contributed by atoms with Crippen LogP contribution in [-0.4, -0.2) is 11.4 Å². The molecule has 1 heterocycles. The van der Waals surface area contributed by atoms with Gasteiger partial charge in [0.15, 0.2) is 5.50 Å². The molecule has 66 valence electrons. The number of carbonyl (C=O) groups excluding carboxylic acids is 1. The van der Waals surface area contributed by atoms with Crippen molar-refractivity contribution in [2.75, 3.05) is 0 Å². The summed E-state index contributed by atoms with van der Waals surface area (Å²) in [6.45, 7) is 2.00. The van der Waals surface area contributed by atoms with Crippen LogP contribution in [0.15, 0.2) is 11.1 Å². The van der Waals surface area contributed by atoms with Gasteiger partial charge in [-0.05, 0) is 25.2 Å². The second-order valence-electron chi connectivity index (χ2n) is 3.24. The van der Waals surface area contributed by atoms with Crippen LogP contribution in [0.4, 0.5) is 0 Å². The summed E-state index contributed by atoms with van der Waals surface area (Å²) in [4.78, 5) is 11.3. The SMILES string of the molecule is CC1=CSC(NC(=O)C2CC2)N1. The lowest BCUT2D eigenvalue weighted by molar-refractivity contribution is -0.122. The third-order valence-electron chi connectivity index (χ3n) is 1.96. The predicted octanol–water partition coefficient (Wildman–Crippen LogP) is 0.994. The summed E-state index contributed by atoms with van der Waals surface area (Å²) in [6.07, 6.45) is 2.13. The Labute approximate surface area is 76.0 Å². The van der Waals surface area contributed by atoms with E-state index in [0.29, 0.717) is 5.92 Å². The Bertz CT molecular complexity index is 235. The van der Waals surface area contributed by atoms with Gasteiger partial charge in [-0.15, -0.1) is 0 Å². The molecule has 2 rings (SSSR count). The first-order chi connectivity index (χ1) is 5.75. The second kappa shape index (κ2) is 3.01. The highest BCUT2D eigenvalue weighted by Gasteiger charge is 2.31. The monoisotopic (exact) mass is 184 g/mol. The van der Waals surface area contributed by atoms with Gasteiger partial charge in [-0.1, -0.05) is 11.8 Å². The molecule has 0 saturated heterocycles. The number of hydrogen-bond donors (Lipinski definition) is 2. The van der Waals surface area contributed by atoms with Gasteiger partial charge in [0.05, 0.1) is 0 Å². The lowest BCUT2D eigenvalue weighted by atomic mass is 10.4. The van der Waals surface area contributed by atoms with Crippen molar-refractivity contribution in [2.24, 2.45) is 5.92 Å². The van der Waals surface area contributed by atoms with E-state index in [1.807, 2.05) is 12.3 Å². The van der Waals surface area contributed by atoms with Crippen LogP contribution in [0, 0.1) is 5.92 Å². The molecule has 1 fully saturated rings. The van der Waals surface area contributed by atoms with Crippen LogP contribution < -0.4 is 10.6 Å². The molecule has 1 unspecified atom stereocenters. The lowest BCUT2D eigenvalue weighted by Crippen LogP contribution is -2.40. The zero-order chi connectivity index (χ0) is 8.55. The summed E-state index contributed by atoms with van der Waals surface area (Å²) < 4.78 is 0. The average Bonchev–Trinajstić information content (AvgIpc) is 2.78. The number of rotatable bonds is 2. The van der Waals surface area contributed by atoms with Crippen molar-refractivity contribution in [1.82, 2.24) is 10.6 Å². The summed E-state index contributed by atoms with van der Waals surface area (Å²) >= 11 is 1.62. The van der Waals surface area contributed by atoms with Crippen molar-refractivity contribution >= 4 is 17.7 Å². The third kappa shape index (κ3) is 1.75. The number of thioether (sulfide) groups is 1. The quantitative estimate of drug-likeness (QED) is 0.672. The van der Waals surface area contributed by atoms with E-state index in [9.17, 15) is 4.79 Å². The van der Waals surface area contributed by atoms with E-state index in [2.05, 4.69) is 10.6 Å². The number of allylic oxidation sites excluding steroid dienone is 1. The first-order valence-electron chi connectivity index (χ1n) is 4.15. The smallest absolute Gasteiger partial charge is 0.225 e. The van der Waals surface area contributed by atoms with Crippen molar-refractivity contribution in [3.63, 3.8) is 0 Å². The van der Waals surface area contributed by atoms with Crippen molar-refractivity contribution in [2.45, 2.75) is 25.3 Å². The summed E-state index contributed by atoms with van der Waals surface area (Å²) in [7, 11) is 0. The van der Waals surface area contributed by atoms with E-state index in [1.54, 1.807) is 11.8 Å². The maximum Gasteiger partial charge on any atom is 0.225 e. The molecule has 1 amide bonds. The average molecular weight is 184 g/mol. The number of carbonyl (C=O) groups is 1. The molecule has 1 saturated carbocycles. The zero-order valence-electron chi connectivity index (χ0n) is 6.96. The Morgan fingerprint density at radius 1 is 1.75 bits per heavy atom. The van der Waals surface area contributed by atoms with Crippen molar-refractivity contribution in [1.29, 1.82) is 0 Å². The van der Waals surface area contributed by atoms with E-state index in [1.165, 1.54) is 0 Å². The molecule has 1 aliphatic heterocycles. The molecule has 0 aromatic carbocycles. The summed E-state index contributed by atoms with van der Waals surface area (Å²) in [5.74, 6) is 0.497. The maximum atomic E-state index is 11.3. The van der Waals surface area contributed by atoms with Crippen LogP contribution in [0.2, 0.25) is 0 Å². The Kier molecular flexibility index (Phi) is 2.00. The molecule has 0 aromatic heterocycles. The minimum Gasteiger partial charge on any atom is -0.360 e. The Morgan fingerprint density at radius 2 is 2.50 bits per heavy atom. The fourth-order valence-electron chi connectivity index (χ4n) is 1.11. The molecule has 0 radical (unpaired) electrons. The molecule has 3 nitrogen and oxygen atoms in total. The summed E-state index contributed by atoms with van der Waals surface area (Å²) in [5.41, 5.74) is 1.19. The van der Waals surface area contributed by atoms with Crippen LogP contribution in [0.1, 0.15) is 19.8 Å². The van der Waals surface area contributed by atoms with Gasteiger partial charge < -0.3 is 10.6 Å². The molecule has 12 heavy (non-hydrogen) atoms. The fourth-order valence-corrected chi connectivity index (χ4v) is 1.95. The molecular weight excluding hydrogens is 172 g/mol. The number of amides is 1. The van der Waals surface area contributed by atoms with Crippen LogP contribution in [0.3, 0.4) is 0 Å². The van der Waals surface area contributed by atoms with E-state index >= 15 is 0 Å². The number of nitrogens with one attached hydrogen (secondary N) is 2.